The van der Waals surface area contributed by atoms with Crippen LogP contribution in [0.25, 0.3) is 5.69 Å². The lowest BCUT2D eigenvalue weighted by atomic mass is 10.2. The minimum absolute atomic E-state index is 0.101. The molecular weight excluding hydrogens is 332 g/mol. The number of carboxylic acids is 1. The Kier molecular flexibility index (Phi) is 6.83. The number of benzene rings is 1. The van der Waals surface area contributed by atoms with E-state index in [1.807, 2.05) is 48.7 Å². The fourth-order valence-electron chi connectivity index (χ4n) is 3.00. The van der Waals surface area contributed by atoms with Crippen LogP contribution < -0.4 is 10.1 Å². The number of unbranched alkanes of at least 4 members (excludes halogenated alkanes) is 2. The smallest absolute Gasteiger partial charge is 0.303 e. The number of aryl methyl sites for hydroxylation is 1. The Labute approximate surface area is 153 Å². The predicted molar refractivity (Wildman–Crippen MR) is 100 cm³/mol. The SMILES string of the molecule is COc1ccc(-n2c(C)cc(C(=O)NCCCCCC(=O)O)c2C)cc1. The summed E-state index contributed by atoms with van der Waals surface area (Å²) in [5.74, 6) is -0.0896. The number of carboxylic acid groups (broad SMARTS) is 1. The molecule has 0 aliphatic carbocycles. The number of nitrogens with zero attached hydrogens (tertiary/aromatic N) is 1. The van der Waals surface area contributed by atoms with Gasteiger partial charge >= 0.3 is 5.97 Å². The molecule has 0 spiro atoms. The molecule has 6 heteroatoms. The Bertz CT molecular complexity index is 763. The number of carbonyl (C=O) groups is 2. The highest BCUT2D eigenvalue weighted by Crippen LogP contribution is 2.22. The minimum Gasteiger partial charge on any atom is -0.497 e. The van der Waals surface area contributed by atoms with E-state index in [2.05, 4.69) is 5.32 Å². The molecule has 2 aromatic rings. The van der Waals surface area contributed by atoms with Crippen molar-refractivity contribution in [1.29, 1.82) is 0 Å². The van der Waals surface area contributed by atoms with Crippen LogP contribution in [0.3, 0.4) is 0 Å². The highest BCUT2D eigenvalue weighted by atomic mass is 16.5. The van der Waals surface area contributed by atoms with Crippen LogP contribution in [0.1, 0.15) is 47.4 Å². The van der Waals surface area contributed by atoms with Crippen molar-refractivity contribution in [3.05, 3.63) is 47.3 Å². The number of hydrogen-bond acceptors (Lipinski definition) is 3. The molecule has 0 aliphatic heterocycles. The van der Waals surface area contributed by atoms with Crippen LogP contribution in [0.2, 0.25) is 0 Å². The Morgan fingerprint density at radius 1 is 1.12 bits per heavy atom. The van der Waals surface area contributed by atoms with Crippen molar-refractivity contribution >= 4 is 11.9 Å². The highest BCUT2D eigenvalue weighted by molar-refractivity contribution is 5.95. The largest absolute Gasteiger partial charge is 0.497 e. The van der Waals surface area contributed by atoms with E-state index < -0.39 is 5.97 Å². The standard InChI is InChI=1S/C20H26N2O4/c1-14-13-18(20(25)21-12-6-4-5-7-19(23)24)15(2)22(14)16-8-10-17(26-3)11-9-16/h8-11,13H,4-7,12H2,1-3H3,(H,21,25)(H,23,24). The summed E-state index contributed by atoms with van der Waals surface area (Å²) in [6, 6.07) is 9.60. The van der Waals surface area contributed by atoms with Gasteiger partial charge in [0.2, 0.25) is 0 Å². The molecule has 1 aromatic carbocycles. The van der Waals surface area contributed by atoms with E-state index in [-0.39, 0.29) is 12.3 Å². The topological polar surface area (TPSA) is 80.6 Å². The number of aliphatic carboxylic acids is 1. The second kappa shape index (κ2) is 9.08. The van der Waals surface area contributed by atoms with Crippen LogP contribution in [-0.4, -0.2) is 35.2 Å². The minimum atomic E-state index is -0.778. The van der Waals surface area contributed by atoms with E-state index in [1.54, 1.807) is 7.11 Å². The Morgan fingerprint density at radius 3 is 2.42 bits per heavy atom. The molecule has 0 saturated heterocycles. The van der Waals surface area contributed by atoms with Gasteiger partial charge in [0.1, 0.15) is 5.75 Å². The zero-order chi connectivity index (χ0) is 19.1. The van der Waals surface area contributed by atoms with Crippen molar-refractivity contribution in [2.45, 2.75) is 39.5 Å². The molecule has 6 nitrogen and oxygen atoms in total. The summed E-state index contributed by atoms with van der Waals surface area (Å²) in [5.41, 5.74) is 3.51. The van der Waals surface area contributed by atoms with Gasteiger partial charge in [0.25, 0.3) is 5.91 Å². The third kappa shape index (κ3) is 4.88. The average Bonchev–Trinajstić information content (AvgIpc) is 2.92. The molecule has 0 atom stereocenters. The molecule has 0 radical (unpaired) electrons. The second-order valence-corrected chi connectivity index (χ2v) is 6.28. The fraction of sp³-hybridized carbons (Fsp3) is 0.400. The lowest BCUT2D eigenvalue weighted by molar-refractivity contribution is -0.137. The molecule has 140 valence electrons. The average molecular weight is 358 g/mol. The first kappa shape index (κ1) is 19.6. The maximum Gasteiger partial charge on any atom is 0.303 e. The van der Waals surface area contributed by atoms with Gasteiger partial charge in [-0.1, -0.05) is 6.42 Å². The van der Waals surface area contributed by atoms with Crippen molar-refractivity contribution < 1.29 is 19.4 Å². The van der Waals surface area contributed by atoms with E-state index >= 15 is 0 Å². The molecule has 2 N–H and O–H groups in total. The molecule has 2 rings (SSSR count). The summed E-state index contributed by atoms with van der Waals surface area (Å²) in [5, 5.41) is 11.5. The van der Waals surface area contributed by atoms with Crippen LogP contribution in [0.5, 0.6) is 5.75 Å². The lowest BCUT2D eigenvalue weighted by Crippen LogP contribution is -2.24. The zero-order valence-corrected chi connectivity index (χ0v) is 15.5. The van der Waals surface area contributed by atoms with Gasteiger partial charge in [-0.25, -0.2) is 0 Å². The Morgan fingerprint density at radius 2 is 1.81 bits per heavy atom. The maximum absolute atomic E-state index is 12.5. The first-order valence-electron chi connectivity index (χ1n) is 8.77. The molecule has 0 saturated carbocycles. The molecule has 0 bridgehead atoms. The monoisotopic (exact) mass is 358 g/mol. The van der Waals surface area contributed by atoms with Gasteiger partial charge in [0.05, 0.1) is 12.7 Å². The predicted octanol–water partition coefficient (Wildman–Crippen LogP) is 3.48. The summed E-state index contributed by atoms with van der Waals surface area (Å²) in [6.45, 7) is 4.45. The van der Waals surface area contributed by atoms with Crippen LogP contribution in [-0.2, 0) is 4.79 Å². The number of hydrogen-bond donors (Lipinski definition) is 2. The number of nitrogens with one attached hydrogen (secondary N) is 1. The van der Waals surface area contributed by atoms with Gasteiger partial charge in [-0.05, 0) is 57.0 Å². The van der Waals surface area contributed by atoms with Gasteiger partial charge in [-0.3, -0.25) is 9.59 Å². The molecule has 1 amide bonds. The van der Waals surface area contributed by atoms with Crippen LogP contribution in [0, 0.1) is 13.8 Å². The maximum atomic E-state index is 12.5. The van der Waals surface area contributed by atoms with Crippen LogP contribution in [0.15, 0.2) is 30.3 Å². The lowest BCUT2D eigenvalue weighted by Gasteiger charge is -2.11. The molecule has 1 heterocycles. The van der Waals surface area contributed by atoms with Gasteiger partial charge in [-0.2, -0.15) is 0 Å². The first-order valence-corrected chi connectivity index (χ1v) is 8.77. The van der Waals surface area contributed by atoms with Crippen molar-refractivity contribution in [2.75, 3.05) is 13.7 Å². The Hall–Kier alpha value is -2.76. The van der Waals surface area contributed by atoms with Gasteiger partial charge in [-0.15, -0.1) is 0 Å². The van der Waals surface area contributed by atoms with E-state index in [4.69, 9.17) is 9.84 Å². The molecule has 0 aliphatic rings. The number of methoxy groups -OCH3 is 1. The summed E-state index contributed by atoms with van der Waals surface area (Å²) < 4.78 is 7.23. The summed E-state index contributed by atoms with van der Waals surface area (Å²) in [6.07, 6.45) is 2.38. The summed E-state index contributed by atoms with van der Waals surface area (Å²) in [4.78, 5) is 22.9. The van der Waals surface area contributed by atoms with Crippen molar-refractivity contribution in [3.63, 3.8) is 0 Å². The quantitative estimate of drug-likeness (QED) is 0.673. The normalized spacial score (nSPS) is 10.6. The first-order chi connectivity index (χ1) is 12.4. The van der Waals surface area contributed by atoms with Crippen LogP contribution >= 0.6 is 0 Å². The number of rotatable bonds is 9. The number of carbonyl (C=O) groups excluding carboxylic acids is 1. The number of aromatic nitrogens is 1. The number of ether oxygens (including phenoxy) is 1. The second-order valence-electron chi connectivity index (χ2n) is 6.28. The van der Waals surface area contributed by atoms with Crippen molar-refractivity contribution in [1.82, 2.24) is 9.88 Å². The third-order valence-corrected chi connectivity index (χ3v) is 4.36. The Balaban J connectivity index is 1.99. The fourth-order valence-corrected chi connectivity index (χ4v) is 3.00. The highest BCUT2D eigenvalue weighted by Gasteiger charge is 2.16. The molecule has 1 aromatic heterocycles. The molecular formula is C20H26N2O4. The van der Waals surface area contributed by atoms with Gasteiger partial charge < -0.3 is 19.7 Å². The van der Waals surface area contributed by atoms with E-state index in [0.29, 0.717) is 18.5 Å². The van der Waals surface area contributed by atoms with Gasteiger partial charge in [0, 0.05) is 30.0 Å². The van der Waals surface area contributed by atoms with E-state index in [1.165, 1.54) is 0 Å². The van der Waals surface area contributed by atoms with Crippen molar-refractivity contribution in [2.24, 2.45) is 0 Å². The molecule has 0 unspecified atom stereocenters. The third-order valence-electron chi connectivity index (χ3n) is 4.36. The molecule has 0 fully saturated rings. The summed E-state index contributed by atoms with van der Waals surface area (Å²) >= 11 is 0. The van der Waals surface area contributed by atoms with Crippen molar-refractivity contribution in [3.8, 4) is 11.4 Å². The van der Waals surface area contributed by atoms with E-state index in [0.717, 1.165) is 35.7 Å². The number of amides is 1. The van der Waals surface area contributed by atoms with Gasteiger partial charge in [0.15, 0.2) is 0 Å². The summed E-state index contributed by atoms with van der Waals surface area (Å²) in [7, 11) is 1.63. The van der Waals surface area contributed by atoms with Crippen LogP contribution in [0.4, 0.5) is 0 Å². The zero-order valence-electron chi connectivity index (χ0n) is 15.5. The molecule has 26 heavy (non-hydrogen) atoms. The van der Waals surface area contributed by atoms with E-state index in [9.17, 15) is 9.59 Å².